The van der Waals surface area contributed by atoms with Gasteiger partial charge < -0.3 is 10.2 Å². The Balaban J connectivity index is 2.21. The summed E-state index contributed by atoms with van der Waals surface area (Å²) in [5.41, 5.74) is -0.585. The Morgan fingerprint density at radius 3 is 2.46 bits per heavy atom. The Kier molecular flexibility index (Phi) is 4.06. The van der Waals surface area contributed by atoms with Gasteiger partial charge in [-0.1, -0.05) is 19.3 Å². The molecular weight excluding hydrogens is 188 g/mol. The van der Waals surface area contributed by atoms with Crippen LogP contribution in [0.5, 0.6) is 0 Å². The highest BCUT2D eigenvalue weighted by atomic mass is 32.2. The van der Waals surface area contributed by atoms with Crippen LogP contribution in [0.3, 0.4) is 0 Å². The van der Waals surface area contributed by atoms with Crippen molar-refractivity contribution in [2.24, 2.45) is 0 Å². The predicted octanol–water partition coefficient (Wildman–Crippen LogP) is 1.50. The van der Waals surface area contributed by atoms with Crippen molar-refractivity contribution in [1.82, 2.24) is 0 Å². The number of carboxylic acid groups (broad SMARTS) is 1. The number of carbonyl (C=O) groups is 1. The second-order valence-corrected chi connectivity index (χ2v) is 4.66. The number of hydrogen-bond acceptors (Lipinski definition) is 3. The van der Waals surface area contributed by atoms with E-state index in [0.717, 1.165) is 25.7 Å². The molecule has 0 unspecified atom stereocenters. The molecule has 0 saturated heterocycles. The lowest BCUT2D eigenvalue weighted by molar-refractivity contribution is -0.133. The minimum Gasteiger partial charge on any atom is -0.481 e. The summed E-state index contributed by atoms with van der Waals surface area (Å²) in [4.78, 5) is 10.2. The maximum atomic E-state index is 10.2. The fraction of sp³-hybridized carbons (Fsp3) is 0.889. The van der Waals surface area contributed by atoms with Crippen LogP contribution in [0.2, 0.25) is 0 Å². The summed E-state index contributed by atoms with van der Waals surface area (Å²) in [7, 11) is 0. The zero-order valence-corrected chi connectivity index (χ0v) is 8.48. The topological polar surface area (TPSA) is 57.5 Å². The van der Waals surface area contributed by atoms with E-state index < -0.39 is 11.6 Å². The fourth-order valence-electron chi connectivity index (χ4n) is 1.68. The first kappa shape index (κ1) is 10.9. The molecule has 2 N–H and O–H groups in total. The highest BCUT2D eigenvalue weighted by molar-refractivity contribution is 8.00. The molecule has 0 spiro atoms. The van der Waals surface area contributed by atoms with Gasteiger partial charge in [0.1, 0.15) is 0 Å². The Hall–Kier alpha value is -0.220. The smallest absolute Gasteiger partial charge is 0.313 e. The molecule has 1 fully saturated rings. The van der Waals surface area contributed by atoms with E-state index in [2.05, 4.69) is 0 Å². The summed E-state index contributed by atoms with van der Waals surface area (Å²) in [5, 5.41) is 18.4. The first-order valence-corrected chi connectivity index (χ1v) is 5.80. The molecule has 0 aliphatic heterocycles. The molecule has 0 heterocycles. The molecule has 3 nitrogen and oxygen atoms in total. The van der Waals surface area contributed by atoms with Crippen LogP contribution in [-0.2, 0) is 4.79 Å². The van der Waals surface area contributed by atoms with Gasteiger partial charge in [-0.2, -0.15) is 0 Å². The van der Waals surface area contributed by atoms with Crippen molar-refractivity contribution in [3.05, 3.63) is 0 Å². The molecule has 4 heteroatoms. The van der Waals surface area contributed by atoms with Crippen LogP contribution in [-0.4, -0.2) is 33.3 Å². The summed E-state index contributed by atoms with van der Waals surface area (Å²) in [6, 6.07) is 0. The van der Waals surface area contributed by atoms with Crippen molar-refractivity contribution in [2.75, 3.05) is 11.5 Å². The van der Waals surface area contributed by atoms with Gasteiger partial charge in [-0.05, 0) is 12.8 Å². The van der Waals surface area contributed by atoms with Gasteiger partial charge in [0.15, 0.2) is 0 Å². The van der Waals surface area contributed by atoms with Crippen molar-refractivity contribution in [2.45, 2.75) is 37.7 Å². The zero-order chi connectivity index (χ0) is 9.73. The molecule has 1 aliphatic rings. The van der Waals surface area contributed by atoms with E-state index in [1.165, 1.54) is 18.2 Å². The number of aliphatic carboxylic acids is 1. The first-order chi connectivity index (χ1) is 6.12. The Morgan fingerprint density at radius 1 is 1.31 bits per heavy atom. The number of aliphatic hydroxyl groups is 1. The van der Waals surface area contributed by atoms with Crippen LogP contribution < -0.4 is 0 Å². The van der Waals surface area contributed by atoms with Crippen molar-refractivity contribution in [3.8, 4) is 0 Å². The van der Waals surface area contributed by atoms with E-state index >= 15 is 0 Å². The molecule has 0 atom stereocenters. The zero-order valence-electron chi connectivity index (χ0n) is 7.66. The maximum Gasteiger partial charge on any atom is 0.313 e. The Bertz CT molecular complexity index is 176. The lowest BCUT2D eigenvalue weighted by atomic mass is 9.86. The summed E-state index contributed by atoms with van der Waals surface area (Å²) < 4.78 is 0. The average Bonchev–Trinajstić information content (AvgIpc) is 2.04. The normalized spacial score (nSPS) is 21.3. The van der Waals surface area contributed by atoms with Gasteiger partial charge in [-0.15, -0.1) is 11.8 Å². The second kappa shape index (κ2) is 4.86. The molecular formula is C9H16O3S. The molecule has 0 aromatic heterocycles. The van der Waals surface area contributed by atoms with E-state index in [9.17, 15) is 9.90 Å². The molecule has 1 saturated carbocycles. The average molecular weight is 204 g/mol. The summed E-state index contributed by atoms with van der Waals surface area (Å²) in [5.74, 6) is -0.133. The van der Waals surface area contributed by atoms with Gasteiger partial charge in [-0.25, -0.2) is 0 Å². The van der Waals surface area contributed by atoms with Gasteiger partial charge in [0.05, 0.1) is 11.4 Å². The Morgan fingerprint density at radius 2 is 1.92 bits per heavy atom. The minimum absolute atomic E-state index is 0.0995. The fourth-order valence-corrected chi connectivity index (χ4v) is 2.63. The second-order valence-electron chi connectivity index (χ2n) is 3.67. The van der Waals surface area contributed by atoms with E-state index in [1.807, 2.05) is 0 Å². The van der Waals surface area contributed by atoms with Crippen LogP contribution in [0.4, 0.5) is 0 Å². The quantitative estimate of drug-likeness (QED) is 0.728. The number of hydrogen-bond donors (Lipinski definition) is 2. The third-order valence-electron chi connectivity index (χ3n) is 2.38. The summed E-state index contributed by atoms with van der Waals surface area (Å²) >= 11 is 1.32. The monoisotopic (exact) mass is 204 g/mol. The van der Waals surface area contributed by atoms with Gasteiger partial charge >= 0.3 is 5.97 Å². The van der Waals surface area contributed by atoms with Crippen LogP contribution in [0, 0.1) is 0 Å². The third kappa shape index (κ3) is 4.00. The van der Waals surface area contributed by atoms with Gasteiger partial charge in [-0.3, -0.25) is 4.79 Å². The van der Waals surface area contributed by atoms with Crippen LogP contribution >= 0.6 is 11.8 Å². The van der Waals surface area contributed by atoms with Crippen LogP contribution in [0.15, 0.2) is 0 Å². The number of thioether (sulfide) groups is 1. The van der Waals surface area contributed by atoms with Crippen molar-refractivity contribution in [1.29, 1.82) is 0 Å². The predicted molar refractivity (Wildman–Crippen MR) is 53.0 cm³/mol. The van der Waals surface area contributed by atoms with E-state index in [0.29, 0.717) is 5.75 Å². The molecule has 0 aromatic carbocycles. The highest BCUT2D eigenvalue weighted by Gasteiger charge is 2.28. The SMILES string of the molecule is O=C(O)CSCC1(O)CCCCC1. The van der Waals surface area contributed by atoms with Crippen LogP contribution in [0.25, 0.3) is 0 Å². The van der Waals surface area contributed by atoms with Crippen LogP contribution in [0.1, 0.15) is 32.1 Å². The summed E-state index contributed by atoms with van der Waals surface area (Å²) in [6.45, 7) is 0. The largest absolute Gasteiger partial charge is 0.481 e. The molecule has 1 aliphatic carbocycles. The molecule has 0 amide bonds. The lowest BCUT2D eigenvalue weighted by Gasteiger charge is -2.31. The van der Waals surface area contributed by atoms with Crippen molar-refractivity contribution >= 4 is 17.7 Å². The molecule has 0 aromatic rings. The molecule has 1 rings (SSSR count). The molecule has 0 bridgehead atoms. The summed E-state index contributed by atoms with van der Waals surface area (Å²) in [6.07, 6.45) is 5.01. The minimum atomic E-state index is -0.801. The molecule has 76 valence electrons. The number of rotatable bonds is 4. The van der Waals surface area contributed by atoms with E-state index in [1.54, 1.807) is 0 Å². The highest BCUT2D eigenvalue weighted by Crippen LogP contribution is 2.30. The third-order valence-corrected chi connectivity index (χ3v) is 3.57. The maximum absolute atomic E-state index is 10.2. The van der Waals surface area contributed by atoms with E-state index in [-0.39, 0.29) is 5.75 Å². The van der Waals surface area contributed by atoms with Crippen molar-refractivity contribution < 1.29 is 15.0 Å². The van der Waals surface area contributed by atoms with Gasteiger partial charge in [0.2, 0.25) is 0 Å². The van der Waals surface area contributed by atoms with E-state index in [4.69, 9.17) is 5.11 Å². The van der Waals surface area contributed by atoms with Gasteiger partial charge in [0, 0.05) is 5.75 Å². The first-order valence-electron chi connectivity index (χ1n) is 4.64. The van der Waals surface area contributed by atoms with Crippen molar-refractivity contribution in [3.63, 3.8) is 0 Å². The number of carboxylic acids is 1. The standard InChI is InChI=1S/C9H16O3S/c10-8(11)6-13-7-9(12)4-2-1-3-5-9/h12H,1-7H2,(H,10,11). The Labute approximate surface area is 82.5 Å². The molecule has 13 heavy (non-hydrogen) atoms. The lowest BCUT2D eigenvalue weighted by Crippen LogP contribution is -2.34. The molecule has 0 radical (unpaired) electrons. The van der Waals surface area contributed by atoms with Gasteiger partial charge in [0.25, 0.3) is 0 Å².